The first-order valence-electron chi connectivity index (χ1n) is 7.21. The Hall–Kier alpha value is -1.42. The number of hydrogen-bond acceptors (Lipinski definition) is 3. The van der Waals surface area contributed by atoms with Crippen LogP contribution in [0.5, 0.6) is 11.5 Å². The predicted octanol–water partition coefficient (Wildman–Crippen LogP) is 2.68. The van der Waals surface area contributed by atoms with Crippen LogP contribution in [0, 0.1) is 11.8 Å². The number of nitrogens with zero attached hydrogens (tertiary/aromatic N) is 1. The second kappa shape index (κ2) is 5.41. The van der Waals surface area contributed by atoms with Gasteiger partial charge in [-0.25, -0.2) is 0 Å². The first-order chi connectivity index (χ1) is 10.1. The summed E-state index contributed by atoms with van der Waals surface area (Å²) in [5.74, 6) is 2.50. The Kier molecular flexibility index (Phi) is 3.74. The summed E-state index contributed by atoms with van der Waals surface area (Å²) in [4.78, 5) is 14.2. The molecule has 4 atom stereocenters. The lowest BCUT2D eigenvalue weighted by Crippen LogP contribution is -2.39. The van der Waals surface area contributed by atoms with E-state index in [2.05, 4.69) is 6.92 Å². The molecule has 2 aliphatic rings. The molecule has 0 unspecified atom stereocenters. The number of rotatable bonds is 4. The van der Waals surface area contributed by atoms with Gasteiger partial charge in [-0.1, -0.05) is 6.92 Å². The van der Waals surface area contributed by atoms with E-state index in [0.29, 0.717) is 24.8 Å². The second-order valence-electron chi connectivity index (χ2n) is 5.89. The highest BCUT2D eigenvalue weighted by Crippen LogP contribution is 2.51. The monoisotopic (exact) mass is 309 g/mol. The van der Waals surface area contributed by atoms with Crippen molar-refractivity contribution in [2.45, 2.75) is 31.3 Å². The Bertz CT molecular complexity index is 562. The highest BCUT2D eigenvalue weighted by molar-refractivity contribution is 6.24. The van der Waals surface area contributed by atoms with Crippen LogP contribution in [0.15, 0.2) is 18.2 Å². The van der Waals surface area contributed by atoms with Crippen molar-refractivity contribution < 1.29 is 14.3 Å². The normalized spacial score (nSPS) is 30.9. The number of carbonyl (C=O) groups excluding carboxylic acids is 1. The average Bonchev–Trinajstić information content (AvgIpc) is 3.15. The summed E-state index contributed by atoms with van der Waals surface area (Å²) >= 11 is 6.36. The predicted molar refractivity (Wildman–Crippen MR) is 80.8 cm³/mol. The van der Waals surface area contributed by atoms with E-state index in [0.717, 1.165) is 17.1 Å². The molecule has 1 amide bonds. The molecular formula is C16H20ClNO3. The van der Waals surface area contributed by atoms with E-state index in [1.807, 2.05) is 23.1 Å². The number of ether oxygens (including phenoxy) is 2. The number of fused-ring (bicyclic) bond motifs is 1. The van der Waals surface area contributed by atoms with Crippen LogP contribution in [-0.4, -0.2) is 36.4 Å². The van der Waals surface area contributed by atoms with Crippen LogP contribution >= 0.6 is 11.6 Å². The van der Waals surface area contributed by atoms with E-state index in [1.165, 1.54) is 0 Å². The maximum atomic E-state index is 12.3. The smallest absolute Gasteiger partial charge is 0.223 e. The molecule has 1 aromatic rings. The number of alkyl halides is 1. The number of amides is 1. The van der Waals surface area contributed by atoms with Crippen molar-refractivity contribution >= 4 is 17.5 Å². The van der Waals surface area contributed by atoms with Gasteiger partial charge in [0.15, 0.2) is 0 Å². The highest BCUT2D eigenvalue weighted by Gasteiger charge is 2.59. The zero-order valence-corrected chi connectivity index (χ0v) is 13.3. The van der Waals surface area contributed by atoms with Crippen LogP contribution in [0.25, 0.3) is 0 Å². The maximum absolute atomic E-state index is 12.3. The summed E-state index contributed by atoms with van der Waals surface area (Å²) in [5.41, 5.74) is 0.982. The number of hydrogen-bond donors (Lipinski definition) is 0. The fourth-order valence-corrected chi connectivity index (χ4v) is 3.98. The van der Waals surface area contributed by atoms with Crippen LogP contribution < -0.4 is 9.47 Å². The van der Waals surface area contributed by atoms with E-state index in [-0.39, 0.29) is 17.3 Å². The average molecular weight is 310 g/mol. The molecule has 1 saturated carbocycles. The van der Waals surface area contributed by atoms with Gasteiger partial charge in [0.25, 0.3) is 0 Å². The summed E-state index contributed by atoms with van der Waals surface area (Å²) in [5, 5.41) is 0.0932. The van der Waals surface area contributed by atoms with Crippen LogP contribution in [-0.2, 0) is 11.3 Å². The Morgan fingerprint density at radius 1 is 1.33 bits per heavy atom. The van der Waals surface area contributed by atoms with Gasteiger partial charge in [0.1, 0.15) is 11.5 Å². The number of likely N-dealkylation sites (tertiary alicyclic amines) is 1. The molecule has 1 heterocycles. The summed E-state index contributed by atoms with van der Waals surface area (Å²) in [7, 11) is 3.25. The van der Waals surface area contributed by atoms with Crippen molar-refractivity contribution in [1.29, 1.82) is 0 Å². The Labute approximate surface area is 130 Å². The zero-order valence-electron chi connectivity index (χ0n) is 12.5. The van der Waals surface area contributed by atoms with Gasteiger partial charge >= 0.3 is 0 Å². The van der Waals surface area contributed by atoms with Crippen molar-refractivity contribution in [3.8, 4) is 11.5 Å². The summed E-state index contributed by atoms with van der Waals surface area (Å²) < 4.78 is 10.6. The number of halogens is 1. The fourth-order valence-electron chi connectivity index (χ4n) is 3.36. The molecule has 0 N–H and O–H groups in total. The van der Waals surface area contributed by atoms with Crippen molar-refractivity contribution in [3.63, 3.8) is 0 Å². The van der Waals surface area contributed by atoms with Crippen LogP contribution in [0.4, 0.5) is 0 Å². The molecule has 4 nitrogen and oxygen atoms in total. The number of carbonyl (C=O) groups is 1. The minimum Gasteiger partial charge on any atom is -0.497 e. The van der Waals surface area contributed by atoms with Crippen LogP contribution in [0.3, 0.4) is 0 Å². The molecule has 5 heteroatoms. The van der Waals surface area contributed by atoms with Gasteiger partial charge in [-0.05, 0) is 18.1 Å². The van der Waals surface area contributed by atoms with Crippen molar-refractivity contribution in [1.82, 2.24) is 4.90 Å². The molecular weight excluding hydrogens is 290 g/mol. The van der Waals surface area contributed by atoms with Crippen molar-refractivity contribution in [2.75, 3.05) is 14.2 Å². The van der Waals surface area contributed by atoms with Crippen molar-refractivity contribution in [2.24, 2.45) is 11.8 Å². The topological polar surface area (TPSA) is 38.8 Å². The van der Waals surface area contributed by atoms with E-state index in [1.54, 1.807) is 14.2 Å². The van der Waals surface area contributed by atoms with E-state index >= 15 is 0 Å². The third-order valence-electron chi connectivity index (χ3n) is 4.62. The van der Waals surface area contributed by atoms with Gasteiger partial charge in [-0.2, -0.15) is 0 Å². The largest absolute Gasteiger partial charge is 0.497 e. The van der Waals surface area contributed by atoms with Gasteiger partial charge in [0, 0.05) is 30.5 Å². The maximum Gasteiger partial charge on any atom is 0.223 e. The minimum atomic E-state index is 0.0932. The van der Waals surface area contributed by atoms with Crippen LogP contribution in [0.2, 0.25) is 0 Å². The van der Waals surface area contributed by atoms with E-state index < -0.39 is 0 Å². The Balaban J connectivity index is 1.82. The molecule has 0 spiro atoms. The number of piperidine rings is 1. The molecule has 2 fully saturated rings. The first-order valence-corrected chi connectivity index (χ1v) is 7.65. The highest BCUT2D eigenvalue weighted by atomic mass is 35.5. The molecule has 1 aliphatic heterocycles. The summed E-state index contributed by atoms with van der Waals surface area (Å²) in [6.45, 7) is 2.66. The number of methoxy groups -OCH3 is 2. The molecule has 1 saturated heterocycles. The second-order valence-corrected chi connectivity index (χ2v) is 6.40. The molecule has 114 valence electrons. The van der Waals surface area contributed by atoms with Gasteiger partial charge in [-0.3, -0.25) is 4.79 Å². The van der Waals surface area contributed by atoms with E-state index in [9.17, 15) is 4.79 Å². The lowest BCUT2D eigenvalue weighted by Gasteiger charge is -2.30. The Morgan fingerprint density at radius 2 is 2.10 bits per heavy atom. The molecule has 1 aliphatic carbocycles. The molecule has 1 aromatic carbocycles. The fraction of sp³-hybridized carbons (Fsp3) is 0.562. The molecule has 0 radical (unpaired) electrons. The van der Waals surface area contributed by atoms with E-state index in [4.69, 9.17) is 21.1 Å². The standard InChI is InChI=1S/C16H20ClNO3/c1-9-6-13(19)18(16-14(9)15(16)17)8-10-4-5-11(20-2)7-12(10)21-3/h4-5,7,9,14-16H,6,8H2,1-3H3/t9-,14-,15+,16-/m0/s1. The molecule has 21 heavy (non-hydrogen) atoms. The third-order valence-corrected chi connectivity index (χ3v) is 5.17. The lowest BCUT2D eigenvalue weighted by molar-refractivity contribution is -0.136. The quantitative estimate of drug-likeness (QED) is 0.803. The molecule has 3 rings (SSSR count). The summed E-state index contributed by atoms with van der Waals surface area (Å²) in [6.07, 6.45) is 0.586. The molecule has 0 bridgehead atoms. The lowest BCUT2D eigenvalue weighted by atomic mass is 9.97. The minimum absolute atomic E-state index is 0.0932. The van der Waals surface area contributed by atoms with Gasteiger partial charge < -0.3 is 14.4 Å². The Morgan fingerprint density at radius 3 is 2.76 bits per heavy atom. The summed E-state index contributed by atoms with van der Waals surface area (Å²) in [6, 6.07) is 5.85. The SMILES string of the molecule is COc1ccc(CN2C(=O)C[C@H](C)[C@H]3[C@@H](Cl)[C@H]32)c(OC)c1. The van der Waals surface area contributed by atoms with Gasteiger partial charge in [0.2, 0.25) is 5.91 Å². The van der Waals surface area contributed by atoms with Crippen LogP contribution in [0.1, 0.15) is 18.9 Å². The zero-order chi connectivity index (χ0) is 15.1. The van der Waals surface area contributed by atoms with Gasteiger partial charge in [-0.15, -0.1) is 11.6 Å². The van der Waals surface area contributed by atoms with Gasteiger partial charge in [0.05, 0.1) is 25.6 Å². The van der Waals surface area contributed by atoms with Crippen molar-refractivity contribution in [3.05, 3.63) is 23.8 Å². The third kappa shape index (κ3) is 2.46. The molecule has 0 aromatic heterocycles. The first kappa shape index (κ1) is 14.5. The number of benzene rings is 1.